The predicted octanol–water partition coefficient (Wildman–Crippen LogP) is 1.46. The second-order valence-electron chi connectivity index (χ2n) is 5.39. The Balaban J connectivity index is 2.95. The maximum Gasteiger partial charge on any atom is 0.257 e. The zero-order chi connectivity index (χ0) is 14.6. The molecule has 106 valence electrons. The first-order valence-corrected chi connectivity index (χ1v) is 6.14. The van der Waals surface area contributed by atoms with Crippen LogP contribution in [-0.4, -0.2) is 43.2 Å². The minimum atomic E-state index is -0.252. The first kappa shape index (κ1) is 15.3. The third-order valence-electron chi connectivity index (χ3n) is 3.01. The van der Waals surface area contributed by atoms with Crippen molar-refractivity contribution in [1.29, 1.82) is 0 Å². The molecule has 0 aromatic heterocycles. The van der Waals surface area contributed by atoms with E-state index in [0.29, 0.717) is 13.1 Å². The largest absolute Gasteiger partial charge is 0.504 e. The lowest BCUT2D eigenvalue weighted by molar-refractivity contribution is 0.0737. The second-order valence-corrected chi connectivity index (χ2v) is 5.39. The Morgan fingerprint density at radius 1 is 1.47 bits per heavy atom. The molecule has 3 N–H and O–H groups in total. The molecule has 1 amide bonds. The Labute approximate surface area is 114 Å². The summed E-state index contributed by atoms with van der Waals surface area (Å²) in [5.41, 5.74) is 5.73. The first-order valence-electron chi connectivity index (χ1n) is 6.14. The number of rotatable bonds is 5. The number of carbonyl (C=O) groups is 1. The Kier molecular flexibility index (Phi) is 4.78. The Morgan fingerprint density at radius 3 is 2.63 bits per heavy atom. The van der Waals surface area contributed by atoms with Gasteiger partial charge in [-0.3, -0.25) is 4.79 Å². The van der Waals surface area contributed by atoms with E-state index in [1.54, 1.807) is 30.1 Å². The van der Waals surface area contributed by atoms with Crippen molar-refractivity contribution in [3.05, 3.63) is 23.8 Å². The number of nitrogens with two attached hydrogens (primary N) is 1. The molecule has 1 aromatic carbocycles. The topological polar surface area (TPSA) is 75.8 Å². The van der Waals surface area contributed by atoms with Crippen LogP contribution in [0, 0.1) is 5.41 Å². The minimum absolute atomic E-state index is 0.132. The fourth-order valence-electron chi connectivity index (χ4n) is 1.84. The Morgan fingerprint density at radius 2 is 2.11 bits per heavy atom. The zero-order valence-electron chi connectivity index (χ0n) is 11.9. The highest BCUT2D eigenvalue weighted by molar-refractivity contribution is 5.97. The van der Waals surface area contributed by atoms with E-state index in [2.05, 4.69) is 0 Å². The van der Waals surface area contributed by atoms with Crippen molar-refractivity contribution in [2.45, 2.75) is 13.8 Å². The molecular weight excluding hydrogens is 244 g/mol. The van der Waals surface area contributed by atoms with Gasteiger partial charge in [0.05, 0.1) is 12.7 Å². The number of phenols is 1. The lowest BCUT2D eigenvalue weighted by Gasteiger charge is -2.29. The molecule has 0 aliphatic rings. The van der Waals surface area contributed by atoms with Crippen molar-refractivity contribution < 1.29 is 14.6 Å². The Hall–Kier alpha value is -1.75. The third kappa shape index (κ3) is 3.61. The van der Waals surface area contributed by atoms with Gasteiger partial charge in [0.1, 0.15) is 0 Å². The molecule has 0 saturated carbocycles. The summed E-state index contributed by atoms with van der Waals surface area (Å²) >= 11 is 0. The summed E-state index contributed by atoms with van der Waals surface area (Å²) in [5, 5.41) is 9.97. The van der Waals surface area contributed by atoms with Gasteiger partial charge in [-0.25, -0.2) is 0 Å². The van der Waals surface area contributed by atoms with Gasteiger partial charge in [0.25, 0.3) is 5.91 Å². The molecule has 0 heterocycles. The molecular formula is C14H22N2O3. The average molecular weight is 266 g/mol. The van der Waals surface area contributed by atoms with Gasteiger partial charge in [-0.1, -0.05) is 19.9 Å². The summed E-state index contributed by atoms with van der Waals surface area (Å²) in [6.45, 7) is 4.97. The van der Waals surface area contributed by atoms with Crippen LogP contribution in [0.15, 0.2) is 18.2 Å². The van der Waals surface area contributed by atoms with E-state index >= 15 is 0 Å². The molecule has 5 heteroatoms. The fourth-order valence-corrected chi connectivity index (χ4v) is 1.84. The van der Waals surface area contributed by atoms with Crippen molar-refractivity contribution in [3.63, 3.8) is 0 Å². The number of hydrogen-bond acceptors (Lipinski definition) is 4. The molecule has 0 saturated heterocycles. The smallest absolute Gasteiger partial charge is 0.257 e. The molecule has 0 unspecified atom stereocenters. The molecule has 0 aliphatic heterocycles. The summed E-state index contributed by atoms with van der Waals surface area (Å²) in [6, 6.07) is 4.86. The number of hydrogen-bond donors (Lipinski definition) is 2. The SMILES string of the molecule is COc1cccc(C(=O)N(C)CC(C)(C)CN)c1O. The number of phenolic OH excluding ortho intramolecular Hbond substituents is 1. The summed E-state index contributed by atoms with van der Waals surface area (Å²) in [7, 11) is 3.14. The fraction of sp³-hybridized carbons (Fsp3) is 0.500. The van der Waals surface area contributed by atoms with Gasteiger partial charge in [0.15, 0.2) is 11.5 Å². The maximum absolute atomic E-state index is 12.3. The molecule has 19 heavy (non-hydrogen) atoms. The van der Waals surface area contributed by atoms with Crippen LogP contribution in [0.3, 0.4) is 0 Å². The number of methoxy groups -OCH3 is 1. The van der Waals surface area contributed by atoms with E-state index in [9.17, 15) is 9.90 Å². The number of benzene rings is 1. The van der Waals surface area contributed by atoms with E-state index in [1.807, 2.05) is 13.8 Å². The van der Waals surface area contributed by atoms with Crippen molar-refractivity contribution >= 4 is 5.91 Å². The van der Waals surface area contributed by atoms with E-state index in [-0.39, 0.29) is 28.4 Å². The van der Waals surface area contributed by atoms with Gasteiger partial charge in [-0.05, 0) is 24.1 Å². The van der Waals surface area contributed by atoms with E-state index in [4.69, 9.17) is 10.5 Å². The van der Waals surface area contributed by atoms with Crippen molar-refractivity contribution in [1.82, 2.24) is 4.90 Å². The number of aromatic hydroxyl groups is 1. The van der Waals surface area contributed by atoms with Gasteiger partial charge >= 0.3 is 0 Å². The highest BCUT2D eigenvalue weighted by Gasteiger charge is 2.24. The number of carbonyl (C=O) groups excluding carboxylic acids is 1. The second kappa shape index (κ2) is 5.93. The highest BCUT2D eigenvalue weighted by atomic mass is 16.5. The first-order chi connectivity index (χ1) is 8.82. The minimum Gasteiger partial charge on any atom is -0.504 e. The van der Waals surface area contributed by atoms with Crippen LogP contribution in [-0.2, 0) is 0 Å². The molecule has 0 bridgehead atoms. The molecule has 0 aliphatic carbocycles. The van der Waals surface area contributed by atoms with Crippen LogP contribution in [0.2, 0.25) is 0 Å². The summed E-state index contributed by atoms with van der Waals surface area (Å²) in [4.78, 5) is 13.9. The van der Waals surface area contributed by atoms with Crippen LogP contribution >= 0.6 is 0 Å². The van der Waals surface area contributed by atoms with Crippen LogP contribution in [0.25, 0.3) is 0 Å². The molecule has 0 atom stereocenters. The zero-order valence-corrected chi connectivity index (χ0v) is 11.9. The van der Waals surface area contributed by atoms with Crippen molar-refractivity contribution in [3.8, 4) is 11.5 Å². The molecule has 0 radical (unpaired) electrons. The maximum atomic E-state index is 12.3. The van der Waals surface area contributed by atoms with Crippen LogP contribution in [0.5, 0.6) is 11.5 Å². The standard InChI is InChI=1S/C14H22N2O3/c1-14(2,8-15)9-16(3)13(18)10-6-5-7-11(19-4)12(10)17/h5-7,17H,8-9,15H2,1-4H3. The van der Waals surface area contributed by atoms with Gasteiger partial charge in [0.2, 0.25) is 0 Å². The van der Waals surface area contributed by atoms with Gasteiger partial charge in [0, 0.05) is 13.6 Å². The van der Waals surface area contributed by atoms with Crippen LogP contribution < -0.4 is 10.5 Å². The average Bonchev–Trinajstić information content (AvgIpc) is 2.37. The van der Waals surface area contributed by atoms with E-state index < -0.39 is 0 Å². The van der Waals surface area contributed by atoms with E-state index in [1.165, 1.54) is 7.11 Å². The summed E-state index contributed by atoms with van der Waals surface area (Å²) in [6.07, 6.45) is 0. The lowest BCUT2D eigenvalue weighted by Crippen LogP contribution is -2.39. The molecule has 1 rings (SSSR count). The van der Waals surface area contributed by atoms with Gasteiger partial charge in [-0.2, -0.15) is 0 Å². The summed E-state index contributed by atoms with van der Waals surface area (Å²) < 4.78 is 5.00. The van der Waals surface area contributed by atoms with Crippen molar-refractivity contribution in [2.24, 2.45) is 11.1 Å². The lowest BCUT2D eigenvalue weighted by atomic mass is 9.93. The number of ether oxygens (including phenoxy) is 1. The number of nitrogens with zero attached hydrogens (tertiary/aromatic N) is 1. The van der Waals surface area contributed by atoms with Gasteiger partial charge < -0.3 is 20.5 Å². The molecule has 0 spiro atoms. The van der Waals surface area contributed by atoms with Crippen LogP contribution in [0.1, 0.15) is 24.2 Å². The van der Waals surface area contributed by atoms with E-state index in [0.717, 1.165) is 0 Å². The van der Waals surface area contributed by atoms with Gasteiger partial charge in [-0.15, -0.1) is 0 Å². The Bertz CT molecular complexity index is 458. The third-order valence-corrected chi connectivity index (χ3v) is 3.01. The molecule has 1 aromatic rings. The highest BCUT2D eigenvalue weighted by Crippen LogP contribution is 2.30. The van der Waals surface area contributed by atoms with Crippen LogP contribution in [0.4, 0.5) is 0 Å². The molecule has 5 nitrogen and oxygen atoms in total. The number of amides is 1. The quantitative estimate of drug-likeness (QED) is 0.846. The normalized spacial score (nSPS) is 11.2. The predicted molar refractivity (Wildman–Crippen MR) is 74.5 cm³/mol. The molecule has 0 fully saturated rings. The monoisotopic (exact) mass is 266 g/mol. The number of para-hydroxylation sites is 1. The van der Waals surface area contributed by atoms with Crippen molar-refractivity contribution in [2.75, 3.05) is 27.2 Å². The summed E-state index contributed by atoms with van der Waals surface area (Å²) in [5.74, 6) is -0.0948.